The molecule has 1 aromatic carbocycles. The Kier molecular flexibility index (Phi) is 4.96. The standard InChI is InChI=1S/C13H12F3N3O2S/c1-2-8-3-5-9(6-4-8)21-7-10(20)17-12-19-18-11(22-12)13(14,15)16/h3-6H,2,7H2,1H3,(H,17,19,20). The van der Waals surface area contributed by atoms with E-state index in [9.17, 15) is 18.0 Å². The van der Waals surface area contributed by atoms with Crippen molar-refractivity contribution in [3.63, 3.8) is 0 Å². The molecule has 0 aliphatic rings. The molecule has 118 valence electrons. The predicted octanol–water partition coefficient (Wildman–Crippen LogP) is 3.14. The van der Waals surface area contributed by atoms with Crippen molar-refractivity contribution in [2.75, 3.05) is 11.9 Å². The molecule has 0 fully saturated rings. The normalized spacial score (nSPS) is 11.3. The van der Waals surface area contributed by atoms with Gasteiger partial charge in [-0.05, 0) is 24.1 Å². The highest BCUT2D eigenvalue weighted by Crippen LogP contribution is 2.32. The van der Waals surface area contributed by atoms with Crippen LogP contribution in [0.3, 0.4) is 0 Å². The van der Waals surface area contributed by atoms with Crippen molar-refractivity contribution in [1.82, 2.24) is 10.2 Å². The number of hydrogen-bond donors (Lipinski definition) is 1. The number of carbonyl (C=O) groups is 1. The van der Waals surface area contributed by atoms with Gasteiger partial charge in [0.05, 0.1) is 0 Å². The van der Waals surface area contributed by atoms with Crippen LogP contribution in [0.2, 0.25) is 0 Å². The Balaban J connectivity index is 1.86. The Hall–Kier alpha value is -2.16. The molecule has 0 atom stereocenters. The number of hydrogen-bond acceptors (Lipinski definition) is 5. The highest BCUT2D eigenvalue weighted by Gasteiger charge is 2.35. The number of benzene rings is 1. The molecule has 0 aliphatic carbocycles. The molecule has 1 aromatic heterocycles. The van der Waals surface area contributed by atoms with Gasteiger partial charge in [-0.3, -0.25) is 10.1 Å². The quantitative estimate of drug-likeness (QED) is 0.914. The number of rotatable bonds is 5. The number of aryl methyl sites for hydroxylation is 1. The largest absolute Gasteiger partial charge is 0.484 e. The number of ether oxygens (including phenoxy) is 1. The molecule has 22 heavy (non-hydrogen) atoms. The third kappa shape index (κ3) is 4.42. The molecule has 1 N–H and O–H groups in total. The van der Waals surface area contributed by atoms with Crippen molar-refractivity contribution < 1.29 is 22.7 Å². The fourth-order valence-corrected chi connectivity index (χ4v) is 2.14. The summed E-state index contributed by atoms with van der Waals surface area (Å²) < 4.78 is 42.3. The Morgan fingerprint density at radius 3 is 2.50 bits per heavy atom. The van der Waals surface area contributed by atoms with Gasteiger partial charge in [0.2, 0.25) is 10.1 Å². The lowest BCUT2D eigenvalue weighted by atomic mass is 10.2. The lowest BCUT2D eigenvalue weighted by Gasteiger charge is -2.06. The van der Waals surface area contributed by atoms with Gasteiger partial charge >= 0.3 is 6.18 Å². The zero-order chi connectivity index (χ0) is 16.2. The topological polar surface area (TPSA) is 64.1 Å². The van der Waals surface area contributed by atoms with E-state index in [1.807, 2.05) is 19.1 Å². The van der Waals surface area contributed by atoms with Crippen molar-refractivity contribution in [2.24, 2.45) is 0 Å². The molecule has 0 radical (unpaired) electrons. The molecule has 1 amide bonds. The predicted molar refractivity (Wildman–Crippen MR) is 74.9 cm³/mol. The molecule has 5 nitrogen and oxygen atoms in total. The van der Waals surface area contributed by atoms with E-state index < -0.39 is 17.1 Å². The fourth-order valence-electron chi connectivity index (χ4n) is 1.51. The van der Waals surface area contributed by atoms with E-state index in [1.54, 1.807) is 12.1 Å². The molecule has 0 spiro atoms. The van der Waals surface area contributed by atoms with Crippen LogP contribution in [0.5, 0.6) is 5.75 Å². The fraction of sp³-hybridized carbons (Fsp3) is 0.308. The van der Waals surface area contributed by atoms with Crippen LogP contribution in [0.4, 0.5) is 18.3 Å². The second kappa shape index (κ2) is 6.73. The van der Waals surface area contributed by atoms with Gasteiger partial charge in [0, 0.05) is 0 Å². The van der Waals surface area contributed by atoms with Gasteiger partial charge in [0.25, 0.3) is 5.91 Å². The van der Waals surface area contributed by atoms with Gasteiger partial charge in [-0.25, -0.2) is 0 Å². The molecular formula is C13H12F3N3O2S. The second-order valence-electron chi connectivity index (χ2n) is 4.24. The Morgan fingerprint density at radius 1 is 1.27 bits per heavy atom. The summed E-state index contributed by atoms with van der Waals surface area (Å²) in [5, 5.41) is 7.10. The molecular weight excluding hydrogens is 319 g/mol. The minimum Gasteiger partial charge on any atom is -0.484 e. The smallest absolute Gasteiger partial charge is 0.445 e. The van der Waals surface area contributed by atoms with Crippen molar-refractivity contribution in [3.8, 4) is 5.75 Å². The average molecular weight is 331 g/mol. The third-order valence-corrected chi connectivity index (χ3v) is 3.50. The summed E-state index contributed by atoms with van der Waals surface area (Å²) in [6.07, 6.45) is -3.68. The van der Waals surface area contributed by atoms with E-state index >= 15 is 0 Å². The maximum Gasteiger partial charge on any atom is 0.445 e. The molecule has 0 saturated carbocycles. The molecule has 1 heterocycles. The number of carbonyl (C=O) groups excluding carboxylic acids is 1. The molecule has 0 aliphatic heterocycles. The summed E-state index contributed by atoms with van der Waals surface area (Å²) in [6, 6.07) is 7.18. The molecule has 0 saturated heterocycles. The minimum atomic E-state index is -4.57. The van der Waals surface area contributed by atoms with E-state index in [-0.39, 0.29) is 23.1 Å². The van der Waals surface area contributed by atoms with Crippen LogP contribution in [0.25, 0.3) is 0 Å². The number of nitrogens with one attached hydrogen (secondary N) is 1. The molecule has 2 rings (SSSR count). The lowest BCUT2D eigenvalue weighted by Crippen LogP contribution is -2.20. The van der Waals surface area contributed by atoms with Gasteiger partial charge in [-0.15, -0.1) is 10.2 Å². The van der Waals surface area contributed by atoms with E-state index in [0.29, 0.717) is 5.75 Å². The first-order chi connectivity index (χ1) is 10.4. The van der Waals surface area contributed by atoms with Crippen LogP contribution in [0.1, 0.15) is 17.5 Å². The second-order valence-corrected chi connectivity index (χ2v) is 5.22. The number of halogens is 3. The van der Waals surface area contributed by atoms with Gasteiger partial charge in [-0.1, -0.05) is 30.4 Å². The molecule has 0 bridgehead atoms. The summed E-state index contributed by atoms with van der Waals surface area (Å²) >= 11 is 0.260. The van der Waals surface area contributed by atoms with Gasteiger partial charge < -0.3 is 4.74 Å². The Morgan fingerprint density at radius 2 is 1.95 bits per heavy atom. The summed E-state index contributed by atoms with van der Waals surface area (Å²) in [4.78, 5) is 11.6. The maximum atomic E-state index is 12.3. The summed E-state index contributed by atoms with van der Waals surface area (Å²) in [6.45, 7) is 1.69. The number of aromatic nitrogens is 2. The van der Waals surface area contributed by atoms with Gasteiger partial charge in [0.15, 0.2) is 6.61 Å². The highest BCUT2D eigenvalue weighted by atomic mass is 32.1. The van der Waals surface area contributed by atoms with Crippen molar-refractivity contribution in [1.29, 1.82) is 0 Å². The van der Waals surface area contributed by atoms with Gasteiger partial charge in [-0.2, -0.15) is 13.2 Å². The van der Waals surface area contributed by atoms with Crippen molar-refractivity contribution >= 4 is 22.4 Å². The van der Waals surface area contributed by atoms with E-state index in [4.69, 9.17) is 4.74 Å². The van der Waals surface area contributed by atoms with Crippen molar-refractivity contribution in [3.05, 3.63) is 34.8 Å². The van der Waals surface area contributed by atoms with Crippen LogP contribution >= 0.6 is 11.3 Å². The number of anilines is 1. The van der Waals surface area contributed by atoms with Crippen molar-refractivity contribution in [2.45, 2.75) is 19.5 Å². The summed E-state index contributed by atoms with van der Waals surface area (Å²) in [5.41, 5.74) is 1.13. The van der Waals surface area contributed by atoms with Crippen LogP contribution in [-0.2, 0) is 17.4 Å². The van der Waals surface area contributed by atoms with Crippen LogP contribution in [0.15, 0.2) is 24.3 Å². The zero-order valence-corrected chi connectivity index (χ0v) is 12.3. The van der Waals surface area contributed by atoms with E-state index in [0.717, 1.165) is 12.0 Å². The first-order valence-corrected chi connectivity index (χ1v) is 7.12. The third-order valence-electron chi connectivity index (χ3n) is 2.62. The maximum absolute atomic E-state index is 12.3. The average Bonchev–Trinajstić information content (AvgIpc) is 2.94. The van der Waals surface area contributed by atoms with E-state index in [2.05, 4.69) is 15.5 Å². The number of nitrogens with zero attached hydrogens (tertiary/aromatic N) is 2. The van der Waals surface area contributed by atoms with E-state index in [1.165, 1.54) is 0 Å². The monoisotopic (exact) mass is 331 g/mol. The number of amides is 1. The first kappa shape index (κ1) is 16.2. The van der Waals surface area contributed by atoms with Gasteiger partial charge in [0.1, 0.15) is 5.75 Å². The molecule has 0 unspecified atom stereocenters. The number of alkyl halides is 3. The van der Waals surface area contributed by atoms with Crippen LogP contribution < -0.4 is 10.1 Å². The summed E-state index contributed by atoms with van der Waals surface area (Å²) in [7, 11) is 0. The van der Waals surface area contributed by atoms with Crippen LogP contribution in [0, 0.1) is 0 Å². The highest BCUT2D eigenvalue weighted by molar-refractivity contribution is 7.15. The SMILES string of the molecule is CCc1ccc(OCC(=O)Nc2nnc(C(F)(F)F)s2)cc1. The molecule has 9 heteroatoms. The summed E-state index contributed by atoms with van der Waals surface area (Å²) in [5.74, 6) is -0.106. The van der Waals surface area contributed by atoms with Crippen LogP contribution in [-0.4, -0.2) is 22.7 Å². The zero-order valence-electron chi connectivity index (χ0n) is 11.5. The Bertz CT molecular complexity index is 641. The Labute approximate surface area is 128 Å². The first-order valence-electron chi connectivity index (χ1n) is 6.30. The minimum absolute atomic E-state index is 0.220. The lowest BCUT2D eigenvalue weighted by molar-refractivity contribution is -0.138. The molecule has 2 aromatic rings.